The Hall–Kier alpha value is -1.88. The van der Waals surface area contributed by atoms with E-state index in [1.165, 1.54) is 12.0 Å². The van der Waals surface area contributed by atoms with Gasteiger partial charge in [0.2, 0.25) is 0 Å². The number of nitrogens with zero attached hydrogens (tertiary/aromatic N) is 1. The first-order valence-corrected chi connectivity index (χ1v) is 9.34. The fourth-order valence-electron chi connectivity index (χ4n) is 3.94. The monoisotopic (exact) mass is 345 g/mol. The summed E-state index contributed by atoms with van der Waals surface area (Å²) in [6.07, 6.45) is 5.10. The van der Waals surface area contributed by atoms with Gasteiger partial charge in [-0.1, -0.05) is 30.3 Å². The summed E-state index contributed by atoms with van der Waals surface area (Å²) in [5.74, 6) is -0.442. The fraction of sp³-hybridized carbons (Fsp3) is 0.600. The molecule has 1 aromatic rings. The number of hydrogen-bond acceptors (Lipinski definition) is 3. The third-order valence-corrected chi connectivity index (χ3v) is 5.32. The number of hydrogen-bond donors (Lipinski definition) is 1. The molecular formula is C20H27NO4. The van der Waals surface area contributed by atoms with Crippen LogP contribution in [0, 0.1) is 5.92 Å². The lowest BCUT2D eigenvalue weighted by atomic mass is 9.91. The molecule has 3 atom stereocenters. The maximum atomic E-state index is 12.6. The van der Waals surface area contributed by atoms with E-state index < -0.39 is 18.2 Å². The van der Waals surface area contributed by atoms with Crippen LogP contribution in [0.2, 0.25) is 0 Å². The molecule has 1 amide bonds. The van der Waals surface area contributed by atoms with E-state index in [9.17, 15) is 9.59 Å². The van der Waals surface area contributed by atoms with Crippen molar-refractivity contribution in [3.05, 3.63) is 35.9 Å². The molecule has 0 aromatic heterocycles. The molecule has 2 aliphatic rings. The van der Waals surface area contributed by atoms with Gasteiger partial charge in [0, 0.05) is 13.1 Å². The molecule has 0 radical (unpaired) electrons. The molecule has 2 heterocycles. The molecule has 2 aliphatic heterocycles. The Balaban J connectivity index is 1.44. The number of carboxylic acid groups (broad SMARTS) is 1. The Bertz CT molecular complexity index is 589. The van der Waals surface area contributed by atoms with Crippen LogP contribution >= 0.6 is 0 Å². The Morgan fingerprint density at radius 1 is 1.12 bits per heavy atom. The summed E-state index contributed by atoms with van der Waals surface area (Å²) < 4.78 is 5.42. The number of likely N-dealkylation sites (tertiary alicyclic amines) is 1. The number of piperidine rings is 1. The van der Waals surface area contributed by atoms with Crippen LogP contribution in [0.1, 0.15) is 44.1 Å². The summed E-state index contributed by atoms with van der Waals surface area (Å²) in [5.41, 5.74) is 1.37. The predicted molar refractivity (Wildman–Crippen MR) is 94.2 cm³/mol. The van der Waals surface area contributed by atoms with E-state index in [-0.39, 0.29) is 5.91 Å². The van der Waals surface area contributed by atoms with Gasteiger partial charge in [-0.15, -0.1) is 0 Å². The van der Waals surface area contributed by atoms with Crippen LogP contribution in [-0.2, 0) is 20.7 Å². The van der Waals surface area contributed by atoms with Crippen molar-refractivity contribution in [1.29, 1.82) is 0 Å². The highest BCUT2D eigenvalue weighted by Crippen LogP contribution is 2.26. The molecule has 5 nitrogen and oxygen atoms in total. The van der Waals surface area contributed by atoms with Gasteiger partial charge in [-0.25, -0.2) is 4.79 Å². The lowest BCUT2D eigenvalue weighted by Crippen LogP contribution is -2.45. The first-order valence-electron chi connectivity index (χ1n) is 9.34. The lowest BCUT2D eigenvalue weighted by Gasteiger charge is -2.34. The van der Waals surface area contributed by atoms with Gasteiger partial charge in [-0.2, -0.15) is 0 Å². The highest BCUT2D eigenvalue weighted by molar-refractivity contribution is 5.82. The molecule has 2 saturated heterocycles. The van der Waals surface area contributed by atoms with E-state index >= 15 is 0 Å². The number of aliphatic carboxylic acids is 1. The largest absolute Gasteiger partial charge is 0.479 e. The van der Waals surface area contributed by atoms with Crippen LogP contribution in [0.15, 0.2) is 30.3 Å². The van der Waals surface area contributed by atoms with Gasteiger partial charge in [0.15, 0.2) is 6.10 Å². The Kier molecular flexibility index (Phi) is 6.08. The van der Waals surface area contributed by atoms with Crippen LogP contribution in [-0.4, -0.2) is 47.2 Å². The van der Waals surface area contributed by atoms with E-state index in [0.717, 1.165) is 38.8 Å². The normalized spacial score (nSPS) is 26.6. The molecular weight excluding hydrogens is 318 g/mol. The smallest absolute Gasteiger partial charge is 0.332 e. The zero-order chi connectivity index (χ0) is 17.6. The van der Waals surface area contributed by atoms with Crippen molar-refractivity contribution in [1.82, 2.24) is 4.90 Å². The maximum absolute atomic E-state index is 12.6. The third-order valence-electron chi connectivity index (χ3n) is 5.32. The minimum atomic E-state index is -0.965. The number of aryl methyl sites for hydroxylation is 1. The lowest BCUT2D eigenvalue weighted by molar-refractivity contribution is -0.155. The van der Waals surface area contributed by atoms with Crippen LogP contribution in [0.3, 0.4) is 0 Å². The summed E-state index contributed by atoms with van der Waals surface area (Å²) in [4.78, 5) is 25.5. The highest BCUT2D eigenvalue weighted by Gasteiger charge is 2.37. The van der Waals surface area contributed by atoms with Crippen molar-refractivity contribution in [2.45, 2.75) is 57.2 Å². The average molecular weight is 345 g/mol. The SMILES string of the molecule is O=C(O)[C@H]1CC[C@@H](C(=O)N2CCCC(CCCc3ccccc3)C2)O1. The number of amides is 1. The fourth-order valence-corrected chi connectivity index (χ4v) is 3.94. The van der Waals surface area contributed by atoms with Crippen molar-refractivity contribution >= 4 is 11.9 Å². The Labute approximate surface area is 149 Å². The van der Waals surface area contributed by atoms with E-state index in [4.69, 9.17) is 9.84 Å². The second-order valence-corrected chi connectivity index (χ2v) is 7.20. The third kappa shape index (κ3) is 4.82. The van der Waals surface area contributed by atoms with Crippen LogP contribution in [0.25, 0.3) is 0 Å². The number of rotatable bonds is 6. The molecule has 0 bridgehead atoms. The molecule has 5 heteroatoms. The number of ether oxygens (including phenoxy) is 1. The second kappa shape index (κ2) is 8.48. The van der Waals surface area contributed by atoms with Gasteiger partial charge in [0.1, 0.15) is 6.10 Å². The van der Waals surface area contributed by atoms with Crippen LogP contribution in [0.5, 0.6) is 0 Å². The summed E-state index contributed by atoms with van der Waals surface area (Å²) in [5, 5.41) is 9.01. The van der Waals surface area contributed by atoms with Crippen molar-refractivity contribution in [2.24, 2.45) is 5.92 Å². The van der Waals surface area contributed by atoms with E-state index in [0.29, 0.717) is 18.8 Å². The molecule has 1 unspecified atom stereocenters. The number of carbonyl (C=O) groups is 2. The van der Waals surface area contributed by atoms with Crippen molar-refractivity contribution < 1.29 is 19.4 Å². The van der Waals surface area contributed by atoms with E-state index in [2.05, 4.69) is 24.3 Å². The molecule has 3 rings (SSSR count). The van der Waals surface area contributed by atoms with Crippen molar-refractivity contribution in [3.8, 4) is 0 Å². The van der Waals surface area contributed by atoms with Crippen molar-refractivity contribution in [2.75, 3.05) is 13.1 Å². The first kappa shape index (κ1) is 17.9. The van der Waals surface area contributed by atoms with Gasteiger partial charge < -0.3 is 14.7 Å². The zero-order valence-corrected chi connectivity index (χ0v) is 14.6. The molecule has 136 valence electrons. The summed E-state index contributed by atoms with van der Waals surface area (Å²) in [6.45, 7) is 1.55. The number of carboxylic acids is 1. The predicted octanol–water partition coefficient (Wildman–Crippen LogP) is 2.88. The summed E-state index contributed by atoms with van der Waals surface area (Å²) in [6, 6.07) is 10.5. The minimum absolute atomic E-state index is 0.0171. The maximum Gasteiger partial charge on any atom is 0.332 e. The van der Waals surface area contributed by atoms with Gasteiger partial charge in [-0.3, -0.25) is 4.79 Å². The summed E-state index contributed by atoms with van der Waals surface area (Å²) >= 11 is 0. The first-order chi connectivity index (χ1) is 12.1. The molecule has 0 spiro atoms. The van der Waals surface area contributed by atoms with Crippen molar-refractivity contribution in [3.63, 3.8) is 0 Å². The van der Waals surface area contributed by atoms with Crippen LogP contribution < -0.4 is 0 Å². The average Bonchev–Trinajstić information content (AvgIpc) is 3.13. The van der Waals surface area contributed by atoms with Crippen LogP contribution in [0.4, 0.5) is 0 Å². The minimum Gasteiger partial charge on any atom is -0.479 e. The highest BCUT2D eigenvalue weighted by atomic mass is 16.5. The van der Waals surface area contributed by atoms with Gasteiger partial charge in [0.05, 0.1) is 0 Å². The molecule has 1 N–H and O–H groups in total. The van der Waals surface area contributed by atoms with E-state index in [1.807, 2.05) is 11.0 Å². The standard InChI is InChI=1S/C20H27NO4/c22-19(17-11-12-18(25-17)20(23)24)21-13-5-10-16(14-21)9-4-8-15-6-2-1-3-7-15/h1-3,6-7,16-18H,4-5,8-14H2,(H,23,24)/t16?,17-,18+/m0/s1. The Morgan fingerprint density at radius 3 is 2.60 bits per heavy atom. The Morgan fingerprint density at radius 2 is 1.88 bits per heavy atom. The van der Waals surface area contributed by atoms with Gasteiger partial charge in [0.25, 0.3) is 5.91 Å². The zero-order valence-electron chi connectivity index (χ0n) is 14.6. The molecule has 1 aromatic carbocycles. The molecule has 2 fully saturated rings. The van der Waals surface area contributed by atoms with Gasteiger partial charge >= 0.3 is 5.97 Å². The topological polar surface area (TPSA) is 66.8 Å². The quantitative estimate of drug-likeness (QED) is 0.861. The number of carbonyl (C=O) groups excluding carboxylic acids is 1. The van der Waals surface area contributed by atoms with E-state index in [1.54, 1.807) is 0 Å². The van der Waals surface area contributed by atoms with Gasteiger partial charge in [-0.05, 0) is 56.4 Å². The number of benzene rings is 1. The second-order valence-electron chi connectivity index (χ2n) is 7.20. The molecule has 0 aliphatic carbocycles. The molecule has 0 saturated carbocycles. The summed E-state index contributed by atoms with van der Waals surface area (Å²) in [7, 11) is 0. The molecule has 25 heavy (non-hydrogen) atoms.